The van der Waals surface area contributed by atoms with E-state index >= 15 is 0 Å². The molecule has 5 nitrogen and oxygen atoms in total. The van der Waals surface area contributed by atoms with Crippen LogP contribution in [0.3, 0.4) is 0 Å². The molecule has 0 aliphatic heterocycles. The van der Waals surface area contributed by atoms with Crippen LogP contribution in [0.4, 0.5) is 0 Å². The number of nitrogens with zero attached hydrogens (tertiary/aromatic N) is 4. The number of fused-ring (bicyclic) bond motifs is 3. The molecule has 0 spiro atoms. The van der Waals surface area contributed by atoms with E-state index in [1.54, 1.807) is 0 Å². The van der Waals surface area contributed by atoms with Crippen molar-refractivity contribution in [2.45, 2.75) is 68.2 Å². The molecule has 4 aromatic carbocycles. The molecule has 7 rings (SSSR count). The summed E-state index contributed by atoms with van der Waals surface area (Å²) in [5.41, 5.74) is 16.2. The molecule has 5 heteroatoms. The van der Waals surface area contributed by atoms with E-state index in [-0.39, 0.29) is 0 Å². The van der Waals surface area contributed by atoms with Gasteiger partial charge in [-0.3, -0.25) is 4.57 Å². The molecule has 236 valence electrons. The molecule has 0 radical (unpaired) electrons. The molecule has 0 bridgehead atoms. The Balaban J connectivity index is 1.30. The molecule has 0 N–H and O–H groups in total. The van der Waals surface area contributed by atoms with Crippen LogP contribution in [-0.4, -0.2) is 19.3 Å². The maximum Gasteiger partial charge on any atom is 0.137 e. The second kappa shape index (κ2) is 11.9. The summed E-state index contributed by atoms with van der Waals surface area (Å²) in [4.78, 5) is 4.73. The van der Waals surface area contributed by atoms with Crippen LogP contribution in [0.25, 0.3) is 44.4 Å². The Labute approximate surface area is 277 Å². The van der Waals surface area contributed by atoms with Gasteiger partial charge in [0.15, 0.2) is 0 Å². The highest BCUT2D eigenvalue weighted by atomic mass is 16.5. The van der Waals surface area contributed by atoms with Crippen LogP contribution in [-0.2, 0) is 12.8 Å². The summed E-state index contributed by atoms with van der Waals surface area (Å²) in [6, 6.07) is 27.2. The number of hydrogen-bond donors (Lipinski definition) is 0. The van der Waals surface area contributed by atoms with Gasteiger partial charge in [0.05, 0.1) is 22.4 Å². The Morgan fingerprint density at radius 2 is 1.34 bits per heavy atom. The lowest BCUT2D eigenvalue weighted by Crippen LogP contribution is -2.05. The lowest BCUT2D eigenvalue weighted by Gasteiger charge is -2.22. The molecule has 3 heterocycles. The van der Waals surface area contributed by atoms with Crippen molar-refractivity contribution in [3.8, 4) is 34.1 Å². The van der Waals surface area contributed by atoms with Gasteiger partial charge in [-0.25, -0.2) is 9.67 Å². The first-order valence-electron chi connectivity index (χ1n) is 16.6. The Hall–Kier alpha value is -5.16. The first kappa shape index (κ1) is 30.5. The predicted molar refractivity (Wildman–Crippen MR) is 195 cm³/mol. The zero-order valence-corrected chi connectivity index (χ0v) is 28.7. The third-order valence-corrected chi connectivity index (χ3v) is 9.96. The zero-order valence-electron chi connectivity index (χ0n) is 28.7. The first-order chi connectivity index (χ1) is 22.7. The van der Waals surface area contributed by atoms with Gasteiger partial charge in [0, 0.05) is 40.4 Å². The van der Waals surface area contributed by atoms with Gasteiger partial charge in [-0.05, 0) is 136 Å². The number of pyridine rings is 1. The minimum atomic E-state index is 0.762. The predicted octanol–water partition coefficient (Wildman–Crippen LogP) is 10.8. The van der Waals surface area contributed by atoms with Crippen LogP contribution in [0, 0.1) is 41.5 Å². The van der Waals surface area contributed by atoms with E-state index in [2.05, 4.69) is 125 Å². The number of benzene rings is 4. The van der Waals surface area contributed by atoms with Gasteiger partial charge >= 0.3 is 0 Å². The van der Waals surface area contributed by atoms with Gasteiger partial charge in [0.2, 0.25) is 0 Å². The number of hydrogen-bond acceptors (Lipinski definition) is 3. The molecule has 0 aliphatic carbocycles. The van der Waals surface area contributed by atoms with Crippen LogP contribution in [0.5, 0.6) is 11.5 Å². The summed E-state index contributed by atoms with van der Waals surface area (Å²) in [6.45, 7) is 17.8. The zero-order chi connectivity index (χ0) is 33.0. The molecular formula is C42H42N4O. The van der Waals surface area contributed by atoms with Crippen LogP contribution >= 0.6 is 0 Å². The lowest BCUT2D eigenvalue weighted by molar-refractivity contribution is 0.482. The molecule has 3 aromatic heterocycles. The number of para-hydroxylation sites is 1. The molecule has 47 heavy (non-hydrogen) atoms. The molecule has 0 atom stereocenters. The lowest BCUT2D eigenvalue weighted by atomic mass is 9.82. The SMILES string of the molecule is CCc1c(C)c(C)c(C)c(CC)c1-c1c(C)nn(-c2cccc(Oc3ccc4c5ccccc5n(-c5cc(C)ccn5)c4c3)c2)c1C. The van der Waals surface area contributed by atoms with Crippen LogP contribution < -0.4 is 4.74 Å². The molecule has 0 saturated carbocycles. The highest BCUT2D eigenvalue weighted by molar-refractivity contribution is 6.09. The fourth-order valence-electron chi connectivity index (χ4n) is 7.45. The minimum Gasteiger partial charge on any atom is -0.457 e. The third kappa shape index (κ3) is 5.01. The van der Waals surface area contributed by atoms with Crippen LogP contribution in [0.15, 0.2) is 85.1 Å². The van der Waals surface area contributed by atoms with Gasteiger partial charge in [0.1, 0.15) is 17.3 Å². The van der Waals surface area contributed by atoms with Crippen molar-refractivity contribution < 1.29 is 4.74 Å². The van der Waals surface area contributed by atoms with Crippen molar-refractivity contribution in [2.75, 3.05) is 0 Å². The number of ether oxygens (including phenoxy) is 1. The summed E-state index contributed by atoms with van der Waals surface area (Å²) in [6.07, 6.45) is 3.85. The summed E-state index contributed by atoms with van der Waals surface area (Å²) in [7, 11) is 0. The van der Waals surface area contributed by atoms with Crippen molar-refractivity contribution >= 4 is 21.8 Å². The van der Waals surface area contributed by atoms with Crippen molar-refractivity contribution in [3.63, 3.8) is 0 Å². The Bertz CT molecular complexity index is 2290. The van der Waals surface area contributed by atoms with E-state index < -0.39 is 0 Å². The molecule has 0 saturated heterocycles. The van der Waals surface area contributed by atoms with E-state index in [1.807, 2.05) is 24.4 Å². The van der Waals surface area contributed by atoms with Crippen molar-refractivity contribution in [2.24, 2.45) is 0 Å². The van der Waals surface area contributed by atoms with Crippen LogP contribution in [0.1, 0.15) is 58.6 Å². The van der Waals surface area contributed by atoms with Crippen molar-refractivity contribution in [1.29, 1.82) is 0 Å². The van der Waals surface area contributed by atoms with E-state index in [0.29, 0.717) is 0 Å². The molecule has 0 fully saturated rings. The third-order valence-electron chi connectivity index (χ3n) is 9.96. The van der Waals surface area contributed by atoms with Gasteiger partial charge in [-0.1, -0.05) is 38.1 Å². The molecule has 0 amide bonds. The van der Waals surface area contributed by atoms with E-state index in [1.165, 1.54) is 55.3 Å². The fourth-order valence-corrected chi connectivity index (χ4v) is 7.45. The summed E-state index contributed by atoms with van der Waals surface area (Å²) in [5.74, 6) is 2.43. The molecule has 7 aromatic rings. The van der Waals surface area contributed by atoms with E-state index in [4.69, 9.17) is 14.8 Å². The second-order valence-electron chi connectivity index (χ2n) is 12.7. The molecule has 0 unspecified atom stereocenters. The standard InChI is InChI=1S/C42H42N4O/c1-9-34-27(5)26(4)28(6)35(10-2)42(34)41-29(7)44-46(30(41)8)31-14-13-15-32(23-31)47-33-18-19-37-36-16-11-12-17-38(36)45(39(37)24-33)40-22-25(3)20-21-43-40/h11-24H,9-10H2,1-8H3. The van der Waals surface area contributed by atoms with Gasteiger partial charge in [-0.2, -0.15) is 5.10 Å². The largest absolute Gasteiger partial charge is 0.457 e. The number of aromatic nitrogens is 4. The fraction of sp³-hybridized carbons (Fsp3) is 0.238. The summed E-state index contributed by atoms with van der Waals surface area (Å²) < 4.78 is 10.9. The first-order valence-corrected chi connectivity index (χ1v) is 16.6. The van der Waals surface area contributed by atoms with Crippen molar-refractivity contribution in [3.05, 3.63) is 130 Å². The van der Waals surface area contributed by atoms with Crippen molar-refractivity contribution in [1.82, 2.24) is 19.3 Å². The molecular weight excluding hydrogens is 576 g/mol. The summed E-state index contributed by atoms with van der Waals surface area (Å²) >= 11 is 0. The Kier molecular flexibility index (Phi) is 7.71. The number of rotatable bonds is 7. The number of aryl methyl sites for hydroxylation is 2. The quantitative estimate of drug-likeness (QED) is 0.179. The second-order valence-corrected chi connectivity index (χ2v) is 12.7. The van der Waals surface area contributed by atoms with Gasteiger partial charge < -0.3 is 4.74 Å². The average molecular weight is 619 g/mol. The highest BCUT2D eigenvalue weighted by Crippen LogP contribution is 2.40. The maximum absolute atomic E-state index is 6.56. The van der Waals surface area contributed by atoms with Gasteiger partial charge in [-0.15, -0.1) is 0 Å². The summed E-state index contributed by atoms with van der Waals surface area (Å²) in [5, 5.41) is 7.46. The topological polar surface area (TPSA) is 44.9 Å². The Morgan fingerprint density at radius 3 is 2.06 bits per heavy atom. The van der Waals surface area contributed by atoms with Gasteiger partial charge in [0.25, 0.3) is 0 Å². The molecule has 0 aliphatic rings. The highest BCUT2D eigenvalue weighted by Gasteiger charge is 2.23. The smallest absolute Gasteiger partial charge is 0.137 e. The van der Waals surface area contributed by atoms with E-state index in [9.17, 15) is 0 Å². The van der Waals surface area contributed by atoms with E-state index in [0.717, 1.165) is 58.3 Å². The Morgan fingerprint density at radius 1 is 0.638 bits per heavy atom. The minimum absolute atomic E-state index is 0.762. The average Bonchev–Trinajstić information content (AvgIpc) is 3.56. The monoisotopic (exact) mass is 618 g/mol. The van der Waals surface area contributed by atoms with Crippen LogP contribution in [0.2, 0.25) is 0 Å². The normalized spacial score (nSPS) is 11.6. The maximum atomic E-state index is 6.56.